The van der Waals surface area contributed by atoms with Gasteiger partial charge >= 0.3 is 0 Å². The fourth-order valence-electron chi connectivity index (χ4n) is 2.55. The summed E-state index contributed by atoms with van der Waals surface area (Å²) in [6.45, 7) is 0. The Morgan fingerprint density at radius 1 is 1.07 bits per heavy atom. The SMILES string of the molecule is O=c1c2cnn(-c3ccccc3)c2ncn1N=Cc1ccc([N+](=O)[O-])cc1. The molecule has 4 aromatic rings. The van der Waals surface area contributed by atoms with Crippen molar-refractivity contribution in [2.45, 2.75) is 0 Å². The van der Waals surface area contributed by atoms with Crippen LogP contribution in [0.1, 0.15) is 5.56 Å². The minimum atomic E-state index is -0.479. The lowest BCUT2D eigenvalue weighted by Gasteiger charge is -2.02. The molecule has 4 rings (SSSR count). The van der Waals surface area contributed by atoms with Crippen molar-refractivity contribution in [2.24, 2.45) is 5.10 Å². The van der Waals surface area contributed by atoms with Crippen LogP contribution >= 0.6 is 0 Å². The molecule has 0 aliphatic heterocycles. The molecule has 0 bridgehead atoms. The third-order valence-corrected chi connectivity index (χ3v) is 3.91. The topological polar surface area (TPSA) is 108 Å². The number of benzene rings is 2. The van der Waals surface area contributed by atoms with Gasteiger partial charge in [-0.25, -0.2) is 9.67 Å². The molecule has 2 aromatic carbocycles. The maximum atomic E-state index is 12.6. The van der Waals surface area contributed by atoms with Gasteiger partial charge in [-0.3, -0.25) is 14.9 Å². The molecule has 2 heterocycles. The molecular formula is C18H12N6O3. The molecule has 0 amide bonds. The Balaban J connectivity index is 1.68. The molecule has 0 saturated carbocycles. The first-order valence-electron chi connectivity index (χ1n) is 7.93. The predicted octanol–water partition coefficient (Wildman–Crippen LogP) is 2.37. The van der Waals surface area contributed by atoms with E-state index in [1.54, 1.807) is 16.8 Å². The molecule has 0 radical (unpaired) electrons. The van der Waals surface area contributed by atoms with E-state index in [-0.39, 0.29) is 11.2 Å². The second-order valence-electron chi connectivity index (χ2n) is 5.62. The summed E-state index contributed by atoms with van der Waals surface area (Å²) in [5.41, 5.74) is 1.48. The predicted molar refractivity (Wildman–Crippen MR) is 99.2 cm³/mol. The highest BCUT2D eigenvalue weighted by atomic mass is 16.6. The maximum Gasteiger partial charge on any atom is 0.285 e. The van der Waals surface area contributed by atoms with Crippen LogP contribution in [0.2, 0.25) is 0 Å². The van der Waals surface area contributed by atoms with Gasteiger partial charge in [0.05, 0.1) is 23.0 Å². The third kappa shape index (κ3) is 3.09. The van der Waals surface area contributed by atoms with Gasteiger partial charge in [-0.1, -0.05) is 18.2 Å². The largest absolute Gasteiger partial charge is 0.285 e. The summed E-state index contributed by atoms with van der Waals surface area (Å²) in [5.74, 6) is 0. The van der Waals surface area contributed by atoms with E-state index >= 15 is 0 Å². The van der Waals surface area contributed by atoms with Crippen LogP contribution < -0.4 is 5.56 Å². The normalized spacial score (nSPS) is 11.3. The highest BCUT2D eigenvalue weighted by Gasteiger charge is 2.11. The van der Waals surface area contributed by atoms with E-state index in [1.165, 1.54) is 30.9 Å². The van der Waals surface area contributed by atoms with Crippen molar-refractivity contribution >= 4 is 22.9 Å². The van der Waals surface area contributed by atoms with Crippen LogP contribution in [0.15, 0.2) is 77.0 Å². The third-order valence-electron chi connectivity index (χ3n) is 3.91. The lowest BCUT2D eigenvalue weighted by atomic mass is 10.2. The summed E-state index contributed by atoms with van der Waals surface area (Å²) in [6.07, 6.45) is 4.20. The zero-order valence-electron chi connectivity index (χ0n) is 13.8. The molecule has 0 spiro atoms. The van der Waals surface area contributed by atoms with Crippen molar-refractivity contribution < 1.29 is 4.92 Å². The zero-order chi connectivity index (χ0) is 18.8. The first kappa shape index (κ1) is 16.3. The Morgan fingerprint density at radius 2 is 1.81 bits per heavy atom. The van der Waals surface area contributed by atoms with E-state index in [1.807, 2.05) is 30.3 Å². The summed E-state index contributed by atoms with van der Waals surface area (Å²) in [5, 5.41) is 19.3. The number of non-ortho nitro benzene ring substituents is 1. The van der Waals surface area contributed by atoms with Gasteiger partial charge in [-0.05, 0) is 29.8 Å². The van der Waals surface area contributed by atoms with Gasteiger partial charge in [0.2, 0.25) is 0 Å². The van der Waals surface area contributed by atoms with Crippen LogP contribution in [0.25, 0.3) is 16.7 Å². The number of fused-ring (bicyclic) bond motifs is 1. The Hall–Kier alpha value is -4.14. The number of hydrogen-bond acceptors (Lipinski definition) is 6. The molecule has 9 nitrogen and oxygen atoms in total. The number of hydrogen-bond donors (Lipinski definition) is 0. The molecule has 0 unspecified atom stereocenters. The second-order valence-corrected chi connectivity index (χ2v) is 5.62. The number of nitrogens with zero attached hydrogens (tertiary/aromatic N) is 6. The average molecular weight is 360 g/mol. The van der Waals surface area contributed by atoms with Gasteiger partial charge in [-0.2, -0.15) is 14.9 Å². The number of nitro benzene ring substituents is 1. The molecule has 0 fully saturated rings. The van der Waals surface area contributed by atoms with Crippen LogP contribution in [-0.2, 0) is 0 Å². The van der Waals surface area contributed by atoms with E-state index in [2.05, 4.69) is 15.2 Å². The summed E-state index contributed by atoms with van der Waals surface area (Å²) >= 11 is 0. The Bertz CT molecular complexity index is 1210. The van der Waals surface area contributed by atoms with Crippen molar-refractivity contribution in [1.82, 2.24) is 19.4 Å². The van der Waals surface area contributed by atoms with Gasteiger partial charge in [-0.15, -0.1) is 0 Å². The summed E-state index contributed by atoms with van der Waals surface area (Å²) in [6, 6.07) is 15.2. The van der Waals surface area contributed by atoms with Crippen molar-refractivity contribution in [2.75, 3.05) is 0 Å². The highest BCUT2D eigenvalue weighted by molar-refractivity contribution is 5.80. The molecule has 0 aliphatic rings. The fourth-order valence-corrected chi connectivity index (χ4v) is 2.55. The van der Waals surface area contributed by atoms with Crippen LogP contribution in [-0.4, -0.2) is 30.6 Å². The van der Waals surface area contributed by atoms with Crippen molar-refractivity contribution in [3.8, 4) is 5.69 Å². The van der Waals surface area contributed by atoms with Crippen LogP contribution in [0.3, 0.4) is 0 Å². The van der Waals surface area contributed by atoms with Crippen LogP contribution in [0.5, 0.6) is 0 Å². The quantitative estimate of drug-likeness (QED) is 0.315. The van der Waals surface area contributed by atoms with Crippen molar-refractivity contribution in [1.29, 1.82) is 0 Å². The van der Waals surface area contributed by atoms with Gasteiger partial charge in [0, 0.05) is 12.1 Å². The van der Waals surface area contributed by atoms with Gasteiger partial charge in [0.15, 0.2) is 5.65 Å². The molecule has 0 N–H and O–H groups in total. The van der Waals surface area contributed by atoms with E-state index in [0.717, 1.165) is 10.4 Å². The van der Waals surface area contributed by atoms with Crippen LogP contribution in [0, 0.1) is 10.1 Å². The number of rotatable bonds is 4. The minimum Gasteiger partial charge on any atom is -0.266 e. The summed E-state index contributed by atoms with van der Waals surface area (Å²) in [7, 11) is 0. The Labute approximate surface area is 152 Å². The minimum absolute atomic E-state index is 0.0132. The smallest absolute Gasteiger partial charge is 0.266 e. The first-order chi connectivity index (χ1) is 13.1. The summed E-state index contributed by atoms with van der Waals surface area (Å²) in [4.78, 5) is 27.1. The van der Waals surface area contributed by atoms with E-state index in [9.17, 15) is 14.9 Å². The molecule has 0 aliphatic carbocycles. The Morgan fingerprint density at radius 3 is 2.52 bits per heavy atom. The molecular weight excluding hydrogens is 348 g/mol. The molecule has 9 heteroatoms. The molecule has 0 atom stereocenters. The van der Waals surface area contributed by atoms with E-state index in [4.69, 9.17) is 0 Å². The monoisotopic (exact) mass is 360 g/mol. The van der Waals surface area contributed by atoms with Gasteiger partial charge in [0.1, 0.15) is 11.7 Å². The Kier molecular flexibility index (Phi) is 4.01. The molecule has 2 aromatic heterocycles. The van der Waals surface area contributed by atoms with E-state index in [0.29, 0.717) is 16.6 Å². The van der Waals surface area contributed by atoms with Crippen LogP contribution in [0.4, 0.5) is 5.69 Å². The molecule has 0 saturated heterocycles. The highest BCUT2D eigenvalue weighted by Crippen LogP contribution is 2.13. The maximum absolute atomic E-state index is 12.6. The lowest BCUT2D eigenvalue weighted by Crippen LogP contribution is -2.17. The number of para-hydroxylation sites is 1. The van der Waals surface area contributed by atoms with E-state index < -0.39 is 4.92 Å². The van der Waals surface area contributed by atoms with Gasteiger partial charge < -0.3 is 0 Å². The van der Waals surface area contributed by atoms with Gasteiger partial charge in [0.25, 0.3) is 11.2 Å². The van der Waals surface area contributed by atoms with Crippen molar-refractivity contribution in [3.05, 3.63) is 93.2 Å². The fraction of sp³-hybridized carbons (Fsp3) is 0. The standard InChI is InChI=1S/C18H12N6O3/c25-18-16-11-21-23(14-4-2-1-3-5-14)17(16)19-12-22(18)20-10-13-6-8-15(9-7-13)24(26)27/h1-12H. The average Bonchev–Trinajstić information content (AvgIpc) is 3.13. The summed E-state index contributed by atoms with van der Waals surface area (Å²) < 4.78 is 2.68. The number of aromatic nitrogens is 4. The second kappa shape index (κ2) is 6.64. The molecule has 132 valence electrons. The molecule has 27 heavy (non-hydrogen) atoms. The van der Waals surface area contributed by atoms with Crippen molar-refractivity contribution in [3.63, 3.8) is 0 Å². The lowest BCUT2D eigenvalue weighted by molar-refractivity contribution is -0.384. The number of nitro groups is 1. The first-order valence-corrected chi connectivity index (χ1v) is 7.93. The zero-order valence-corrected chi connectivity index (χ0v) is 13.8.